The molecule has 0 aliphatic heterocycles. The lowest BCUT2D eigenvalue weighted by atomic mass is 9.60. The van der Waals surface area contributed by atoms with Crippen molar-refractivity contribution in [3.05, 3.63) is 28.8 Å². The largest absolute Gasteiger partial charge is 0.507 e. The van der Waals surface area contributed by atoms with Gasteiger partial charge >= 0.3 is 0 Å². The molecule has 1 fully saturated rings. The van der Waals surface area contributed by atoms with E-state index in [-0.39, 0.29) is 22.3 Å². The van der Waals surface area contributed by atoms with E-state index in [1.165, 1.54) is 12.7 Å². The van der Waals surface area contributed by atoms with Crippen molar-refractivity contribution in [2.75, 3.05) is 7.11 Å². The Balaban J connectivity index is 2.38. The SMILES string of the molecule is C=C(C)c1c(O)c2c(c(O)c1OC)C1(C)CCCC(C)(C)C1=C2. The Labute approximate surface area is 138 Å². The van der Waals surface area contributed by atoms with E-state index in [1.54, 1.807) is 0 Å². The Kier molecular flexibility index (Phi) is 3.33. The van der Waals surface area contributed by atoms with E-state index in [9.17, 15) is 10.2 Å². The quantitative estimate of drug-likeness (QED) is 0.755. The molecule has 2 N–H and O–H groups in total. The van der Waals surface area contributed by atoms with Crippen LogP contribution in [0.3, 0.4) is 0 Å². The predicted octanol–water partition coefficient (Wildman–Crippen LogP) is 5.00. The fourth-order valence-electron chi connectivity index (χ4n) is 4.67. The van der Waals surface area contributed by atoms with Crippen LogP contribution in [0.2, 0.25) is 0 Å². The second-order valence-electron chi connectivity index (χ2n) is 7.80. The summed E-state index contributed by atoms with van der Waals surface area (Å²) in [6, 6.07) is 0. The topological polar surface area (TPSA) is 49.7 Å². The summed E-state index contributed by atoms with van der Waals surface area (Å²) in [7, 11) is 1.52. The van der Waals surface area contributed by atoms with Crippen molar-refractivity contribution in [3.63, 3.8) is 0 Å². The summed E-state index contributed by atoms with van der Waals surface area (Å²) < 4.78 is 5.43. The van der Waals surface area contributed by atoms with Crippen molar-refractivity contribution in [1.29, 1.82) is 0 Å². The molecule has 2 aliphatic carbocycles. The maximum absolute atomic E-state index is 10.9. The third-order valence-corrected chi connectivity index (χ3v) is 5.71. The Bertz CT molecular complexity index is 740. The van der Waals surface area contributed by atoms with Crippen LogP contribution in [-0.2, 0) is 5.41 Å². The average Bonchev–Trinajstić information content (AvgIpc) is 2.77. The van der Waals surface area contributed by atoms with Gasteiger partial charge in [0.15, 0.2) is 11.5 Å². The Morgan fingerprint density at radius 1 is 1.17 bits per heavy atom. The summed E-state index contributed by atoms with van der Waals surface area (Å²) >= 11 is 0. The van der Waals surface area contributed by atoms with Crippen molar-refractivity contribution in [3.8, 4) is 17.2 Å². The molecule has 124 valence electrons. The molecule has 1 unspecified atom stereocenters. The molecule has 0 heterocycles. The van der Waals surface area contributed by atoms with Gasteiger partial charge in [0.25, 0.3) is 0 Å². The number of hydrogen-bond donors (Lipinski definition) is 2. The molecule has 0 aromatic heterocycles. The van der Waals surface area contributed by atoms with E-state index in [4.69, 9.17) is 4.74 Å². The maximum atomic E-state index is 10.9. The predicted molar refractivity (Wildman–Crippen MR) is 94.0 cm³/mol. The minimum atomic E-state index is -0.250. The molecule has 3 rings (SSSR count). The van der Waals surface area contributed by atoms with Crippen LogP contribution in [0.4, 0.5) is 0 Å². The van der Waals surface area contributed by atoms with Gasteiger partial charge in [0.2, 0.25) is 0 Å². The Morgan fingerprint density at radius 3 is 2.39 bits per heavy atom. The van der Waals surface area contributed by atoms with Gasteiger partial charge in [-0.3, -0.25) is 0 Å². The molecule has 23 heavy (non-hydrogen) atoms. The molecule has 3 heteroatoms. The molecule has 0 saturated heterocycles. The summed E-state index contributed by atoms with van der Waals surface area (Å²) in [5.74, 6) is 0.638. The van der Waals surface area contributed by atoms with E-state index < -0.39 is 0 Å². The fraction of sp³-hybridized carbons (Fsp3) is 0.500. The Hall–Kier alpha value is -1.90. The number of phenols is 2. The number of phenolic OH excluding ortho intramolecular Hbond substituents is 2. The number of benzene rings is 1. The highest BCUT2D eigenvalue weighted by molar-refractivity contribution is 5.87. The summed E-state index contributed by atoms with van der Waals surface area (Å²) in [6.45, 7) is 12.4. The van der Waals surface area contributed by atoms with Crippen LogP contribution in [0.5, 0.6) is 17.2 Å². The molecule has 0 bridgehead atoms. The summed E-state index contributed by atoms with van der Waals surface area (Å²) in [5.41, 5.74) is 3.81. The number of ether oxygens (including phenoxy) is 1. The van der Waals surface area contributed by atoms with Gasteiger partial charge in [0, 0.05) is 16.5 Å². The summed E-state index contributed by atoms with van der Waals surface area (Å²) in [5, 5.41) is 21.8. The lowest BCUT2D eigenvalue weighted by Crippen LogP contribution is -2.35. The van der Waals surface area contributed by atoms with E-state index in [2.05, 4.69) is 33.4 Å². The van der Waals surface area contributed by atoms with Crippen molar-refractivity contribution >= 4 is 11.6 Å². The van der Waals surface area contributed by atoms with Gasteiger partial charge in [0.05, 0.1) is 12.7 Å². The highest BCUT2D eigenvalue weighted by Gasteiger charge is 2.49. The maximum Gasteiger partial charge on any atom is 0.172 e. The molecule has 1 atom stereocenters. The normalized spacial score (nSPS) is 24.7. The highest BCUT2D eigenvalue weighted by atomic mass is 16.5. The van der Waals surface area contributed by atoms with Crippen molar-refractivity contribution in [2.24, 2.45) is 5.41 Å². The molecular formula is C20H26O3. The molecule has 1 aromatic rings. The number of hydrogen-bond acceptors (Lipinski definition) is 3. The first-order valence-electron chi connectivity index (χ1n) is 8.20. The third kappa shape index (κ3) is 1.95. The summed E-state index contributed by atoms with van der Waals surface area (Å²) in [4.78, 5) is 0. The van der Waals surface area contributed by atoms with E-state index >= 15 is 0 Å². The van der Waals surface area contributed by atoms with E-state index in [0.717, 1.165) is 30.4 Å². The van der Waals surface area contributed by atoms with Gasteiger partial charge in [0.1, 0.15) is 5.75 Å². The molecular weight excluding hydrogens is 288 g/mol. The van der Waals surface area contributed by atoms with Crippen LogP contribution in [0, 0.1) is 5.41 Å². The first kappa shape index (κ1) is 16.0. The Morgan fingerprint density at radius 2 is 1.83 bits per heavy atom. The van der Waals surface area contributed by atoms with Crippen LogP contribution in [-0.4, -0.2) is 17.3 Å². The molecule has 1 saturated carbocycles. The van der Waals surface area contributed by atoms with Gasteiger partial charge in [-0.25, -0.2) is 0 Å². The minimum absolute atomic E-state index is 0.0571. The number of rotatable bonds is 2. The van der Waals surface area contributed by atoms with Crippen molar-refractivity contribution in [1.82, 2.24) is 0 Å². The number of allylic oxidation sites excluding steroid dienone is 2. The smallest absolute Gasteiger partial charge is 0.172 e. The molecule has 3 nitrogen and oxygen atoms in total. The van der Waals surface area contributed by atoms with E-state index in [1.807, 2.05) is 6.92 Å². The van der Waals surface area contributed by atoms with Crippen LogP contribution in [0.25, 0.3) is 11.6 Å². The van der Waals surface area contributed by atoms with Gasteiger partial charge in [-0.05, 0) is 30.8 Å². The summed E-state index contributed by atoms with van der Waals surface area (Å²) in [6.07, 6.45) is 5.27. The lowest BCUT2D eigenvalue weighted by molar-refractivity contribution is 0.260. The monoisotopic (exact) mass is 314 g/mol. The van der Waals surface area contributed by atoms with Crippen LogP contribution >= 0.6 is 0 Å². The zero-order chi connectivity index (χ0) is 17.2. The number of methoxy groups -OCH3 is 1. The van der Waals surface area contributed by atoms with Crippen molar-refractivity contribution < 1.29 is 14.9 Å². The zero-order valence-corrected chi connectivity index (χ0v) is 14.7. The lowest BCUT2D eigenvalue weighted by Gasteiger charge is -2.44. The van der Waals surface area contributed by atoms with Crippen LogP contribution in [0.1, 0.15) is 63.6 Å². The van der Waals surface area contributed by atoms with Gasteiger partial charge in [-0.2, -0.15) is 0 Å². The first-order valence-corrected chi connectivity index (χ1v) is 8.20. The molecule has 0 radical (unpaired) electrons. The molecule has 2 aliphatic rings. The molecule has 1 aromatic carbocycles. The first-order chi connectivity index (χ1) is 10.6. The number of aromatic hydroxyl groups is 2. The van der Waals surface area contributed by atoms with Gasteiger partial charge in [-0.1, -0.05) is 45.4 Å². The highest BCUT2D eigenvalue weighted by Crippen LogP contribution is 2.62. The van der Waals surface area contributed by atoms with E-state index in [0.29, 0.717) is 16.9 Å². The van der Waals surface area contributed by atoms with Crippen LogP contribution in [0.15, 0.2) is 12.2 Å². The fourth-order valence-corrected chi connectivity index (χ4v) is 4.67. The third-order valence-electron chi connectivity index (χ3n) is 5.71. The second kappa shape index (κ2) is 4.80. The molecule has 0 spiro atoms. The second-order valence-corrected chi connectivity index (χ2v) is 7.80. The van der Waals surface area contributed by atoms with Gasteiger partial charge < -0.3 is 14.9 Å². The minimum Gasteiger partial charge on any atom is -0.507 e. The molecule has 0 amide bonds. The zero-order valence-electron chi connectivity index (χ0n) is 14.7. The average molecular weight is 314 g/mol. The standard InChI is InChI=1S/C20H26O3/c1-11(2)14-16(21)12-10-13-19(3,4)8-7-9-20(13,5)15(12)17(22)18(14)23-6/h10,21-22H,1,7-9H2,2-6H3. The van der Waals surface area contributed by atoms with Crippen LogP contribution < -0.4 is 4.74 Å². The number of fused-ring (bicyclic) bond motifs is 3. The van der Waals surface area contributed by atoms with Crippen molar-refractivity contribution in [2.45, 2.75) is 52.4 Å². The van der Waals surface area contributed by atoms with Gasteiger partial charge in [-0.15, -0.1) is 0 Å².